The van der Waals surface area contributed by atoms with Gasteiger partial charge in [-0.05, 0) is 19.4 Å². The lowest BCUT2D eigenvalue weighted by molar-refractivity contribution is -0.928. The quantitative estimate of drug-likeness (QED) is 0.753. The van der Waals surface area contributed by atoms with Crippen LogP contribution in [0.1, 0.15) is 19.7 Å². The predicted molar refractivity (Wildman–Crippen MR) is 100 cm³/mol. The van der Waals surface area contributed by atoms with Gasteiger partial charge in [0.15, 0.2) is 5.82 Å². The Morgan fingerprint density at radius 1 is 1.24 bits per heavy atom. The van der Waals surface area contributed by atoms with Crippen molar-refractivity contribution in [3.05, 3.63) is 51.9 Å². The minimum Gasteiger partial charge on any atom is -0.364 e. The van der Waals surface area contributed by atoms with Gasteiger partial charge in [0, 0.05) is 10.9 Å². The molecule has 0 bridgehead atoms. The maximum atomic E-state index is 12.7. The third-order valence-electron chi connectivity index (χ3n) is 4.61. The Morgan fingerprint density at radius 2 is 1.96 bits per heavy atom. The number of rotatable bonds is 3. The molecular weight excluding hydrogens is 334 g/mol. The van der Waals surface area contributed by atoms with E-state index in [1.165, 1.54) is 16.2 Å². The molecule has 2 aromatic heterocycles. The molecule has 5 nitrogen and oxygen atoms in total. The summed E-state index contributed by atoms with van der Waals surface area (Å²) in [7, 11) is 0. The normalized spacial score (nSPS) is 23.8. The highest BCUT2D eigenvalue weighted by molar-refractivity contribution is 7.17. The van der Waals surface area contributed by atoms with E-state index >= 15 is 0 Å². The summed E-state index contributed by atoms with van der Waals surface area (Å²) in [4.78, 5) is 22.6. The van der Waals surface area contributed by atoms with E-state index in [2.05, 4.69) is 18.8 Å². The lowest BCUT2D eigenvalue weighted by atomic mass is 10.1. The average Bonchev–Trinajstić information content (AvgIpc) is 2.99. The van der Waals surface area contributed by atoms with Crippen molar-refractivity contribution in [1.29, 1.82) is 0 Å². The maximum absolute atomic E-state index is 12.7. The van der Waals surface area contributed by atoms with Crippen LogP contribution in [0.2, 0.25) is 0 Å². The molecule has 1 aliphatic rings. The van der Waals surface area contributed by atoms with Gasteiger partial charge in [-0.1, -0.05) is 30.3 Å². The Labute approximate surface area is 150 Å². The molecule has 3 aromatic rings. The first kappa shape index (κ1) is 16.4. The number of aromatic nitrogens is 2. The first-order valence-electron chi connectivity index (χ1n) is 8.65. The first-order valence-corrected chi connectivity index (χ1v) is 9.53. The van der Waals surface area contributed by atoms with E-state index in [1.807, 2.05) is 35.7 Å². The van der Waals surface area contributed by atoms with Gasteiger partial charge >= 0.3 is 0 Å². The summed E-state index contributed by atoms with van der Waals surface area (Å²) < 4.78 is 5.79. The van der Waals surface area contributed by atoms with E-state index in [9.17, 15) is 4.79 Å². The van der Waals surface area contributed by atoms with Crippen LogP contribution in [0.4, 0.5) is 0 Å². The Balaban J connectivity index is 1.66. The van der Waals surface area contributed by atoms with Crippen LogP contribution in [0.3, 0.4) is 0 Å². The number of fused-ring (bicyclic) bond motifs is 1. The highest BCUT2D eigenvalue weighted by Crippen LogP contribution is 2.30. The van der Waals surface area contributed by atoms with Crippen molar-refractivity contribution in [2.45, 2.75) is 32.6 Å². The molecule has 25 heavy (non-hydrogen) atoms. The van der Waals surface area contributed by atoms with Crippen LogP contribution >= 0.6 is 11.3 Å². The van der Waals surface area contributed by atoms with Crippen molar-refractivity contribution in [3.8, 4) is 11.1 Å². The maximum Gasteiger partial charge on any atom is 0.260 e. The number of nitrogens with zero attached hydrogens (tertiary/aromatic N) is 1. The van der Waals surface area contributed by atoms with Crippen LogP contribution < -0.4 is 10.5 Å². The molecule has 130 valence electrons. The molecule has 1 aliphatic heterocycles. The van der Waals surface area contributed by atoms with Gasteiger partial charge in [0.1, 0.15) is 36.7 Å². The number of ether oxygens (including phenoxy) is 1. The first-order chi connectivity index (χ1) is 12.1. The zero-order valence-electron chi connectivity index (χ0n) is 14.4. The Kier molecular flexibility index (Phi) is 4.41. The third kappa shape index (κ3) is 3.38. The van der Waals surface area contributed by atoms with Crippen molar-refractivity contribution >= 4 is 21.6 Å². The average molecular weight is 356 g/mol. The van der Waals surface area contributed by atoms with Gasteiger partial charge in [0.2, 0.25) is 0 Å². The van der Waals surface area contributed by atoms with Crippen molar-refractivity contribution in [2.24, 2.45) is 0 Å². The summed E-state index contributed by atoms with van der Waals surface area (Å²) in [6.07, 6.45) is 0.473. The number of morpholine rings is 1. The second-order valence-corrected chi connectivity index (χ2v) is 7.66. The van der Waals surface area contributed by atoms with Crippen LogP contribution in [-0.4, -0.2) is 35.3 Å². The van der Waals surface area contributed by atoms with Gasteiger partial charge in [0.25, 0.3) is 5.56 Å². The molecule has 2 atom stereocenters. The largest absolute Gasteiger partial charge is 0.364 e. The van der Waals surface area contributed by atoms with Gasteiger partial charge < -0.3 is 14.6 Å². The highest BCUT2D eigenvalue weighted by atomic mass is 32.1. The van der Waals surface area contributed by atoms with Gasteiger partial charge in [-0.3, -0.25) is 4.79 Å². The number of H-pyrrole nitrogens is 1. The number of aromatic amines is 1. The van der Waals surface area contributed by atoms with Gasteiger partial charge in [0.05, 0.1) is 5.39 Å². The van der Waals surface area contributed by atoms with Crippen LogP contribution in [0, 0.1) is 0 Å². The molecule has 0 radical (unpaired) electrons. The molecule has 0 spiro atoms. The van der Waals surface area contributed by atoms with Crippen molar-refractivity contribution in [3.63, 3.8) is 0 Å². The molecular formula is C19H22N3O2S+. The molecule has 6 heteroatoms. The molecule has 3 heterocycles. The number of thiophene rings is 1. The Hall–Kier alpha value is -2.02. The number of benzene rings is 1. The fourth-order valence-electron chi connectivity index (χ4n) is 3.68. The third-order valence-corrected chi connectivity index (χ3v) is 5.48. The lowest BCUT2D eigenvalue weighted by Crippen LogP contribution is -3.14. The number of nitrogens with one attached hydrogen (secondary N) is 2. The summed E-state index contributed by atoms with van der Waals surface area (Å²) in [5.41, 5.74) is 1.96. The van der Waals surface area contributed by atoms with E-state index < -0.39 is 0 Å². The fourth-order valence-corrected chi connectivity index (χ4v) is 4.64. The van der Waals surface area contributed by atoms with Gasteiger partial charge in [-0.15, -0.1) is 11.3 Å². The highest BCUT2D eigenvalue weighted by Gasteiger charge is 2.26. The summed E-state index contributed by atoms with van der Waals surface area (Å²) in [6, 6.07) is 9.99. The Bertz CT molecular complexity index is 925. The smallest absolute Gasteiger partial charge is 0.260 e. The second-order valence-electron chi connectivity index (χ2n) is 6.80. The van der Waals surface area contributed by atoms with E-state index in [0.717, 1.165) is 41.4 Å². The standard InChI is InChI=1S/C19H21N3O2S/c1-12-8-22(9-13(2)24-12)10-16-20-18(23)17-15(11-25-19(17)21-16)14-6-4-3-5-7-14/h3-7,11-13H,8-10H2,1-2H3,(H,20,21,23)/p+1/t12-,13-/m0/s1. The lowest BCUT2D eigenvalue weighted by Gasteiger charge is -2.32. The molecule has 1 saturated heterocycles. The minimum absolute atomic E-state index is 0.0474. The van der Waals surface area contributed by atoms with Crippen molar-refractivity contribution < 1.29 is 9.64 Å². The van der Waals surface area contributed by atoms with Crippen molar-refractivity contribution in [1.82, 2.24) is 9.97 Å². The zero-order valence-corrected chi connectivity index (χ0v) is 15.2. The summed E-state index contributed by atoms with van der Waals surface area (Å²) in [5.74, 6) is 0.760. The molecule has 0 amide bonds. The predicted octanol–water partition coefficient (Wildman–Crippen LogP) is 1.84. The van der Waals surface area contributed by atoms with Crippen molar-refractivity contribution in [2.75, 3.05) is 13.1 Å². The molecule has 1 aromatic carbocycles. The van der Waals surface area contributed by atoms with E-state index in [4.69, 9.17) is 9.72 Å². The topological polar surface area (TPSA) is 59.4 Å². The molecule has 4 rings (SSSR count). The van der Waals surface area contributed by atoms with Crippen LogP contribution in [-0.2, 0) is 11.3 Å². The molecule has 0 saturated carbocycles. The Morgan fingerprint density at radius 3 is 2.68 bits per heavy atom. The molecule has 2 N–H and O–H groups in total. The summed E-state index contributed by atoms with van der Waals surface area (Å²) >= 11 is 1.54. The zero-order chi connectivity index (χ0) is 17.4. The van der Waals surface area contributed by atoms with Crippen LogP contribution in [0.15, 0.2) is 40.5 Å². The van der Waals surface area contributed by atoms with E-state index in [1.54, 1.807) is 0 Å². The van der Waals surface area contributed by atoms with Crippen LogP contribution in [0.5, 0.6) is 0 Å². The summed E-state index contributed by atoms with van der Waals surface area (Å²) in [6.45, 7) is 6.79. The molecule has 0 aliphatic carbocycles. The minimum atomic E-state index is -0.0474. The van der Waals surface area contributed by atoms with E-state index in [-0.39, 0.29) is 17.8 Å². The van der Waals surface area contributed by atoms with Gasteiger partial charge in [-0.2, -0.15) is 0 Å². The monoisotopic (exact) mass is 356 g/mol. The SMILES string of the molecule is C[C@H]1C[NH+](Cc2nc3scc(-c4ccccc4)c3c(=O)[nH]2)C[C@H](C)O1. The van der Waals surface area contributed by atoms with E-state index in [0.29, 0.717) is 5.39 Å². The fraction of sp³-hybridized carbons (Fsp3) is 0.368. The van der Waals surface area contributed by atoms with Crippen LogP contribution in [0.25, 0.3) is 21.3 Å². The molecule has 1 fully saturated rings. The number of hydrogen-bond donors (Lipinski definition) is 2. The number of hydrogen-bond acceptors (Lipinski definition) is 4. The summed E-state index contributed by atoms with van der Waals surface area (Å²) in [5, 5.41) is 2.72. The second kappa shape index (κ2) is 6.71. The van der Waals surface area contributed by atoms with Gasteiger partial charge in [-0.25, -0.2) is 4.98 Å². The molecule has 0 unspecified atom stereocenters. The number of quaternary nitrogens is 1.